The minimum atomic E-state index is -1.19. The Labute approximate surface area is 99.0 Å². The molecule has 90 valence electrons. The quantitative estimate of drug-likeness (QED) is 0.857. The molecule has 2 unspecified atom stereocenters. The van der Waals surface area contributed by atoms with Gasteiger partial charge < -0.3 is 9.52 Å². The maximum atomic E-state index is 11.7. The van der Waals surface area contributed by atoms with Crippen molar-refractivity contribution in [3.8, 4) is 0 Å². The Balaban J connectivity index is 2.05. The van der Waals surface area contributed by atoms with Gasteiger partial charge in [0.25, 0.3) is 0 Å². The fraction of sp³-hybridized carbons (Fsp3) is 0.600. The van der Waals surface area contributed by atoms with E-state index in [1.165, 1.54) is 6.26 Å². The van der Waals surface area contributed by atoms with Crippen LogP contribution in [0.5, 0.6) is 0 Å². The van der Waals surface area contributed by atoms with Gasteiger partial charge in [0, 0.05) is 39.5 Å². The SMILES string of the molecule is O=S1CCCS(=O)C1[C@@H](O)Cc1ccco1. The van der Waals surface area contributed by atoms with Crippen LogP contribution in [0.3, 0.4) is 0 Å². The van der Waals surface area contributed by atoms with Gasteiger partial charge in [-0.25, -0.2) is 0 Å². The zero-order valence-electron chi connectivity index (χ0n) is 8.70. The molecule has 1 aliphatic rings. The third-order valence-electron chi connectivity index (χ3n) is 2.51. The van der Waals surface area contributed by atoms with Gasteiger partial charge in [-0.3, -0.25) is 8.42 Å². The summed E-state index contributed by atoms with van der Waals surface area (Å²) in [5.74, 6) is 1.70. The van der Waals surface area contributed by atoms with E-state index in [1.54, 1.807) is 12.1 Å². The third-order valence-corrected chi connectivity index (χ3v) is 6.85. The largest absolute Gasteiger partial charge is 0.469 e. The maximum Gasteiger partial charge on any atom is 0.136 e. The molecule has 1 aromatic heterocycles. The first-order valence-corrected chi connectivity index (χ1v) is 7.89. The Bertz CT molecular complexity index is 372. The second-order valence-electron chi connectivity index (χ2n) is 3.74. The molecular weight excluding hydrogens is 248 g/mol. The molecule has 0 aromatic carbocycles. The fourth-order valence-electron chi connectivity index (χ4n) is 1.78. The summed E-state index contributed by atoms with van der Waals surface area (Å²) in [6.07, 6.45) is 1.66. The van der Waals surface area contributed by atoms with Crippen LogP contribution in [0.15, 0.2) is 22.8 Å². The Morgan fingerprint density at radius 1 is 1.44 bits per heavy atom. The minimum absolute atomic E-state index is 0.273. The summed E-state index contributed by atoms with van der Waals surface area (Å²) >= 11 is 0. The average molecular weight is 262 g/mol. The van der Waals surface area contributed by atoms with E-state index < -0.39 is 32.3 Å². The number of hydrogen-bond donors (Lipinski definition) is 1. The summed E-state index contributed by atoms with van der Waals surface area (Å²) in [7, 11) is -2.38. The van der Waals surface area contributed by atoms with Gasteiger partial charge in [0.1, 0.15) is 10.3 Å². The van der Waals surface area contributed by atoms with E-state index in [0.717, 1.165) is 0 Å². The number of aliphatic hydroxyl groups is 1. The highest BCUT2D eigenvalue weighted by Gasteiger charge is 2.34. The van der Waals surface area contributed by atoms with Crippen LogP contribution in [0.4, 0.5) is 0 Å². The van der Waals surface area contributed by atoms with Crippen LogP contribution in [-0.4, -0.2) is 35.7 Å². The fourth-order valence-corrected chi connectivity index (χ4v) is 5.71. The number of aliphatic hydroxyl groups excluding tert-OH is 1. The van der Waals surface area contributed by atoms with Gasteiger partial charge in [-0.05, 0) is 18.6 Å². The molecule has 2 heterocycles. The molecular formula is C10H14O4S2. The van der Waals surface area contributed by atoms with E-state index >= 15 is 0 Å². The molecule has 1 saturated heterocycles. The molecule has 0 bridgehead atoms. The van der Waals surface area contributed by atoms with Crippen molar-refractivity contribution in [3.63, 3.8) is 0 Å². The van der Waals surface area contributed by atoms with Crippen molar-refractivity contribution in [2.45, 2.75) is 23.5 Å². The first kappa shape index (κ1) is 12.0. The molecule has 0 spiro atoms. The van der Waals surface area contributed by atoms with Crippen LogP contribution in [0.25, 0.3) is 0 Å². The molecule has 1 aliphatic heterocycles. The van der Waals surface area contributed by atoms with Crippen molar-refractivity contribution in [1.82, 2.24) is 0 Å². The van der Waals surface area contributed by atoms with Gasteiger partial charge in [0.15, 0.2) is 0 Å². The third kappa shape index (κ3) is 2.61. The molecule has 0 radical (unpaired) electrons. The Kier molecular flexibility index (Phi) is 3.94. The van der Waals surface area contributed by atoms with Gasteiger partial charge >= 0.3 is 0 Å². The van der Waals surface area contributed by atoms with E-state index in [0.29, 0.717) is 23.7 Å². The lowest BCUT2D eigenvalue weighted by atomic mass is 10.2. The van der Waals surface area contributed by atoms with Crippen molar-refractivity contribution in [3.05, 3.63) is 24.2 Å². The van der Waals surface area contributed by atoms with Gasteiger partial charge in [-0.15, -0.1) is 0 Å². The highest BCUT2D eigenvalue weighted by molar-refractivity contribution is 8.03. The van der Waals surface area contributed by atoms with Crippen LogP contribution in [0.1, 0.15) is 12.2 Å². The van der Waals surface area contributed by atoms with Crippen LogP contribution in [0, 0.1) is 0 Å². The van der Waals surface area contributed by atoms with Crippen molar-refractivity contribution >= 4 is 21.6 Å². The number of hydrogen-bond acceptors (Lipinski definition) is 4. The molecule has 6 heteroatoms. The second-order valence-corrected chi connectivity index (χ2v) is 7.40. The van der Waals surface area contributed by atoms with Crippen LogP contribution in [-0.2, 0) is 28.0 Å². The molecule has 1 N–H and O–H groups in total. The number of furan rings is 1. The molecule has 0 amide bonds. The summed E-state index contributed by atoms with van der Waals surface area (Å²) < 4.78 is 27.9. The molecule has 4 nitrogen and oxygen atoms in total. The average Bonchev–Trinajstić information content (AvgIpc) is 2.70. The Morgan fingerprint density at radius 2 is 2.12 bits per heavy atom. The smallest absolute Gasteiger partial charge is 0.136 e. The molecule has 0 saturated carbocycles. The first-order chi connectivity index (χ1) is 7.68. The van der Waals surface area contributed by atoms with E-state index in [9.17, 15) is 13.5 Å². The molecule has 3 atom stereocenters. The minimum Gasteiger partial charge on any atom is -0.469 e. The first-order valence-electron chi connectivity index (χ1n) is 5.13. The zero-order valence-corrected chi connectivity index (χ0v) is 10.3. The maximum absolute atomic E-state index is 11.7. The van der Waals surface area contributed by atoms with E-state index in [2.05, 4.69) is 0 Å². The topological polar surface area (TPSA) is 67.5 Å². The highest BCUT2D eigenvalue weighted by atomic mass is 32.2. The molecule has 0 aliphatic carbocycles. The lowest BCUT2D eigenvalue weighted by Gasteiger charge is -2.24. The molecule has 1 aromatic rings. The van der Waals surface area contributed by atoms with Gasteiger partial charge in [-0.2, -0.15) is 0 Å². The van der Waals surface area contributed by atoms with Gasteiger partial charge in [-0.1, -0.05) is 0 Å². The van der Waals surface area contributed by atoms with Crippen LogP contribution >= 0.6 is 0 Å². The molecule has 2 rings (SSSR count). The number of rotatable bonds is 3. The van der Waals surface area contributed by atoms with Crippen molar-refractivity contribution in [1.29, 1.82) is 0 Å². The van der Waals surface area contributed by atoms with Crippen molar-refractivity contribution in [2.24, 2.45) is 0 Å². The second kappa shape index (κ2) is 5.25. The van der Waals surface area contributed by atoms with E-state index in [-0.39, 0.29) is 6.42 Å². The van der Waals surface area contributed by atoms with Crippen LogP contribution < -0.4 is 0 Å². The predicted octanol–water partition coefficient (Wildman–Crippen LogP) is 0.410. The van der Waals surface area contributed by atoms with Gasteiger partial charge in [0.2, 0.25) is 0 Å². The monoisotopic (exact) mass is 262 g/mol. The lowest BCUT2D eigenvalue weighted by Crippen LogP contribution is -2.41. The summed E-state index contributed by atoms with van der Waals surface area (Å²) in [6, 6.07) is 3.48. The summed E-state index contributed by atoms with van der Waals surface area (Å²) in [6.45, 7) is 0. The summed E-state index contributed by atoms with van der Waals surface area (Å²) in [5.41, 5.74) is 0. The predicted molar refractivity (Wildman–Crippen MR) is 62.8 cm³/mol. The standard InChI is InChI=1S/C10H14O4S2/c11-9(7-8-3-1-4-14-8)10-15(12)5-2-6-16(10)13/h1,3-4,9-11H,2,5-7H2/t9-,10?,15?,16?/m0/s1. The Morgan fingerprint density at radius 3 is 2.69 bits per heavy atom. The van der Waals surface area contributed by atoms with E-state index in [4.69, 9.17) is 4.42 Å². The molecule has 1 fully saturated rings. The summed E-state index contributed by atoms with van der Waals surface area (Å²) in [5, 5.41) is 9.94. The molecule has 16 heavy (non-hydrogen) atoms. The normalized spacial score (nSPS) is 32.4. The van der Waals surface area contributed by atoms with Crippen LogP contribution in [0.2, 0.25) is 0 Å². The van der Waals surface area contributed by atoms with Crippen molar-refractivity contribution < 1.29 is 17.9 Å². The summed E-state index contributed by atoms with van der Waals surface area (Å²) in [4.78, 5) is 0. The van der Waals surface area contributed by atoms with E-state index in [1.807, 2.05) is 0 Å². The van der Waals surface area contributed by atoms with Crippen molar-refractivity contribution in [2.75, 3.05) is 11.5 Å². The van der Waals surface area contributed by atoms with Gasteiger partial charge in [0.05, 0.1) is 12.4 Å². The highest BCUT2D eigenvalue weighted by Crippen LogP contribution is 2.19. The zero-order chi connectivity index (χ0) is 11.5. The Hall–Kier alpha value is -0.460. The lowest BCUT2D eigenvalue weighted by molar-refractivity contribution is 0.181.